The molecule has 0 aromatic heterocycles. The first kappa shape index (κ1) is 16.9. The van der Waals surface area contributed by atoms with Crippen molar-refractivity contribution in [1.29, 1.82) is 5.26 Å². The fourth-order valence-corrected chi connectivity index (χ4v) is 4.00. The molecule has 4 rings (SSSR count). The Morgan fingerprint density at radius 3 is 2.50 bits per heavy atom. The Kier molecular flexibility index (Phi) is 4.29. The van der Waals surface area contributed by atoms with Crippen molar-refractivity contribution in [2.24, 2.45) is 0 Å². The van der Waals surface area contributed by atoms with E-state index >= 15 is 0 Å². The molecule has 7 nitrogen and oxygen atoms in total. The summed E-state index contributed by atoms with van der Waals surface area (Å²) in [5, 5.41) is 8.87. The zero-order valence-corrected chi connectivity index (χ0v) is 14.5. The predicted octanol–water partition coefficient (Wildman–Crippen LogP) is 2.06. The van der Waals surface area contributed by atoms with Crippen LogP contribution >= 0.6 is 0 Å². The Morgan fingerprint density at radius 1 is 1.15 bits per heavy atom. The predicted molar refractivity (Wildman–Crippen MR) is 92.5 cm³/mol. The second kappa shape index (κ2) is 6.61. The van der Waals surface area contributed by atoms with Gasteiger partial charge in [-0.1, -0.05) is 0 Å². The maximum absolute atomic E-state index is 12.2. The normalized spacial score (nSPS) is 25.2. The zero-order valence-electron chi connectivity index (χ0n) is 14.5. The highest BCUT2D eigenvalue weighted by Crippen LogP contribution is 2.36. The Bertz CT molecular complexity index is 747. The van der Waals surface area contributed by atoms with Gasteiger partial charge in [-0.3, -0.25) is 14.6 Å². The van der Waals surface area contributed by atoms with E-state index in [1.165, 1.54) is 0 Å². The van der Waals surface area contributed by atoms with Gasteiger partial charge in [0.15, 0.2) is 0 Å². The standard InChI is InChI=1S/C19H21N3O4/c20-11-14-1-3-15(4-2-14)22-13-16(25-18(22)24)12-21-9-7-19(8-10-21)6-5-17(23)26-19/h1-4,16H,5-10,12-13H2. The minimum atomic E-state index is -0.349. The van der Waals surface area contributed by atoms with Gasteiger partial charge in [-0.2, -0.15) is 5.26 Å². The van der Waals surface area contributed by atoms with Gasteiger partial charge in [0.25, 0.3) is 0 Å². The van der Waals surface area contributed by atoms with Crippen molar-refractivity contribution in [2.45, 2.75) is 37.4 Å². The van der Waals surface area contributed by atoms with E-state index in [2.05, 4.69) is 11.0 Å². The van der Waals surface area contributed by atoms with Crippen molar-refractivity contribution in [1.82, 2.24) is 4.90 Å². The van der Waals surface area contributed by atoms with E-state index in [1.807, 2.05) is 0 Å². The Morgan fingerprint density at radius 2 is 1.88 bits per heavy atom. The van der Waals surface area contributed by atoms with E-state index in [4.69, 9.17) is 14.7 Å². The maximum Gasteiger partial charge on any atom is 0.414 e. The number of ether oxygens (including phenoxy) is 2. The summed E-state index contributed by atoms with van der Waals surface area (Å²) in [4.78, 5) is 27.5. The van der Waals surface area contributed by atoms with E-state index in [0.29, 0.717) is 25.1 Å². The summed E-state index contributed by atoms with van der Waals surface area (Å²) in [6.45, 7) is 2.88. The number of carbonyl (C=O) groups is 2. The quantitative estimate of drug-likeness (QED) is 0.772. The average molecular weight is 355 g/mol. The first-order valence-electron chi connectivity index (χ1n) is 8.99. The molecule has 0 bridgehead atoms. The van der Waals surface area contributed by atoms with Crippen LogP contribution in [-0.4, -0.2) is 54.8 Å². The molecular formula is C19H21N3O4. The van der Waals surface area contributed by atoms with Crippen molar-refractivity contribution in [2.75, 3.05) is 31.1 Å². The van der Waals surface area contributed by atoms with E-state index in [0.717, 1.165) is 38.0 Å². The Hall–Kier alpha value is -2.59. The molecule has 1 aromatic rings. The second-order valence-electron chi connectivity index (χ2n) is 7.23. The average Bonchev–Trinajstić information content (AvgIpc) is 3.20. The van der Waals surface area contributed by atoms with Crippen molar-refractivity contribution in [3.05, 3.63) is 29.8 Å². The number of nitriles is 1. The highest BCUT2D eigenvalue weighted by Gasteiger charge is 2.43. The van der Waals surface area contributed by atoms with Crippen LogP contribution in [0.1, 0.15) is 31.2 Å². The molecule has 26 heavy (non-hydrogen) atoms. The lowest BCUT2D eigenvalue weighted by molar-refractivity contribution is -0.152. The summed E-state index contributed by atoms with van der Waals surface area (Å²) in [6.07, 6.45) is 2.51. The van der Waals surface area contributed by atoms with Crippen LogP contribution in [-0.2, 0) is 14.3 Å². The molecule has 136 valence electrons. The summed E-state index contributed by atoms with van der Waals surface area (Å²) in [5.41, 5.74) is 1.05. The van der Waals surface area contributed by atoms with Crippen LogP contribution in [0.5, 0.6) is 0 Å². The van der Waals surface area contributed by atoms with E-state index in [-0.39, 0.29) is 23.8 Å². The lowest BCUT2D eigenvalue weighted by Crippen LogP contribution is -2.47. The molecule has 1 spiro atoms. The van der Waals surface area contributed by atoms with E-state index in [9.17, 15) is 9.59 Å². The van der Waals surface area contributed by atoms with Crippen LogP contribution in [0.4, 0.5) is 10.5 Å². The van der Waals surface area contributed by atoms with Gasteiger partial charge in [0.1, 0.15) is 11.7 Å². The molecule has 0 aliphatic carbocycles. The number of likely N-dealkylation sites (tertiary alicyclic amines) is 1. The third-order valence-electron chi connectivity index (χ3n) is 5.53. The summed E-state index contributed by atoms with van der Waals surface area (Å²) in [7, 11) is 0. The molecule has 1 unspecified atom stereocenters. The van der Waals surface area contributed by atoms with Crippen LogP contribution in [0.15, 0.2) is 24.3 Å². The van der Waals surface area contributed by atoms with Gasteiger partial charge in [0.2, 0.25) is 0 Å². The minimum Gasteiger partial charge on any atom is -0.459 e. The summed E-state index contributed by atoms with van der Waals surface area (Å²) < 4.78 is 11.1. The van der Waals surface area contributed by atoms with Crippen LogP contribution in [0.2, 0.25) is 0 Å². The molecule has 3 fully saturated rings. The Balaban J connectivity index is 1.32. The third-order valence-corrected chi connectivity index (χ3v) is 5.53. The van der Waals surface area contributed by atoms with E-state index in [1.54, 1.807) is 29.2 Å². The van der Waals surface area contributed by atoms with Crippen molar-refractivity contribution in [3.63, 3.8) is 0 Å². The first-order valence-corrected chi connectivity index (χ1v) is 8.99. The monoisotopic (exact) mass is 355 g/mol. The lowest BCUT2D eigenvalue weighted by Gasteiger charge is -2.38. The first-order chi connectivity index (χ1) is 12.6. The van der Waals surface area contributed by atoms with Crippen LogP contribution in [0.25, 0.3) is 0 Å². The van der Waals surface area contributed by atoms with Gasteiger partial charge >= 0.3 is 12.1 Å². The van der Waals surface area contributed by atoms with Crippen molar-refractivity contribution in [3.8, 4) is 6.07 Å². The molecule has 0 radical (unpaired) electrons. The van der Waals surface area contributed by atoms with Crippen LogP contribution in [0.3, 0.4) is 0 Å². The van der Waals surface area contributed by atoms with Gasteiger partial charge in [-0.25, -0.2) is 4.79 Å². The number of piperidine rings is 1. The molecule has 7 heteroatoms. The fraction of sp³-hybridized carbons (Fsp3) is 0.526. The van der Waals surface area contributed by atoms with Crippen LogP contribution < -0.4 is 4.90 Å². The minimum absolute atomic E-state index is 0.0822. The molecule has 0 N–H and O–H groups in total. The number of benzene rings is 1. The molecular weight excluding hydrogens is 334 g/mol. The fourth-order valence-electron chi connectivity index (χ4n) is 4.00. The molecule has 3 aliphatic heterocycles. The number of carbonyl (C=O) groups excluding carboxylic acids is 2. The number of nitrogens with zero attached hydrogens (tertiary/aromatic N) is 3. The lowest BCUT2D eigenvalue weighted by atomic mass is 9.88. The molecule has 3 saturated heterocycles. The van der Waals surface area contributed by atoms with Gasteiger partial charge in [-0.15, -0.1) is 0 Å². The summed E-state index contributed by atoms with van der Waals surface area (Å²) in [5.74, 6) is -0.0822. The highest BCUT2D eigenvalue weighted by molar-refractivity contribution is 5.89. The molecule has 1 amide bonds. The summed E-state index contributed by atoms with van der Waals surface area (Å²) in [6, 6.07) is 8.99. The largest absolute Gasteiger partial charge is 0.459 e. The maximum atomic E-state index is 12.2. The third kappa shape index (κ3) is 3.25. The van der Waals surface area contributed by atoms with Crippen molar-refractivity contribution < 1.29 is 19.1 Å². The van der Waals surface area contributed by atoms with Gasteiger partial charge < -0.3 is 9.47 Å². The van der Waals surface area contributed by atoms with E-state index < -0.39 is 0 Å². The molecule has 0 saturated carbocycles. The van der Waals surface area contributed by atoms with Gasteiger partial charge in [0.05, 0.1) is 18.2 Å². The highest BCUT2D eigenvalue weighted by atomic mass is 16.6. The number of anilines is 1. The topological polar surface area (TPSA) is 82.9 Å². The van der Waals surface area contributed by atoms with Gasteiger partial charge in [-0.05, 0) is 43.5 Å². The number of rotatable bonds is 3. The number of hydrogen-bond donors (Lipinski definition) is 0. The number of cyclic esters (lactones) is 1. The second-order valence-corrected chi connectivity index (χ2v) is 7.23. The molecule has 3 heterocycles. The molecule has 1 atom stereocenters. The number of amides is 1. The Labute approximate surface area is 152 Å². The number of esters is 1. The molecule has 3 aliphatic rings. The van der Waals surface area contributed by atoms with Crippen LogP contribution in [0, 0.1) is 11.3 Å². The van der Waals surface area contributed by atoms with Crippen molar-refractivity contribution >= 4 is 17.7 Å². The summed E-state index contributed by atoms with van der Waals surface area (Å²) >= 11 is 0. The SMILES string of the molecule is N#Cc1ccc(N2CC(CN3CCC4(CCC(=O)O4)CC3)OC2=O)cc1. The number of hydrogen-bond acceptors (Lipinski definition) is 6. The molecule has 1 aromatic carbocycles. The smallest absolute Gasteiger partial charge is 0.414 e. The van der Waals surface area contributed by atoms with Gasteiger partial charge in [0, 0.05) is 31.7 Å². The zero-order chi connectivity index (χ0) is 18.1.